The third-order valence-electron chi connectivity index (χ3n) is 2.80. The summed E-state index contributed by atoms with van der Waals surface area (Å²) >= 11 is 5.72. The minimum absolute atomic E-state index is 0.00298. The van der Waals surface area contributed by atoms with Crippen molar-refractivity contribution >= 4 is 28.7 Å². The summed E-state index contributed by atoms with van der Waals surface area (Å²) in [6.07, 6.45) is 0. The molecule has 0 radical (unpaired) electrons. The Balaban J connectivity index is 2.49. The lowest BCUT2D eigenvalue weighted by molar-refractivity contribution is 0.0694. The first-order chi connectivity index (χ1) is 9.47. The van der Waals surface area contributed by atoms with Crippen molar-refractivity contribution in [2.45, 2.75) is 0 Å². The number of aromatic carboxylic acids is 1. The lowest BCUT2D eigenvalue weighted by Gasteiger charge is -2.08. The summed E-state index contributed by atoms with van der Waals surface area (Å²) in [5.74, 6) is -1.69. The van der Waals surface area contributed by atoms with Crippen LogP contribution in [0.5, 0.6) is 5.75 Å². The molecule has 0 fully saturated rings. The summed E-state index contributed by atoms with van der Waals surface area (Å²) < 4.78 is 5.39. The molecule has 2 aliphatic rings. The van der Waals surface area contributed by atoms with Gasteiger partial charge in [-0.3, -0.25) is 4.79 Å². The van der Waals surface area contributed by atoms with Crippen molar-refractivity contribution in [3.05, 3.63) is 45.1 Å². The largest absolute Gasteiger partial charge is 0.507 e. The summed E-state index contributed by atoms with van der Waals surface area (Å²) in [7, 11) is 0. The van der Waals surface area contributed by atoms with Gasteiger partial charge in [-0.15, -0.1) is 0 Å². The summed E-state index contributed by atoms with van der Waals surface area (Å²) in [4.78, 5) is 26.8. The predicted molar refractivity (Wildman–Crippen MR) is 70.5 cm³/mol. The molecule has 1 aromatic carbocycles. The molecule has 0 atom stereocenters. The Morgan fingerprint density at radius 2 is 2.05 bits per heavy atom. The van der Waals surface area contributed by atoms with Crippen molar-refractivity contribution in [3.63, 3.8) is 0 Å². The number of carboxylic acid groups (broad SMARTS) is 1. The Hall–Kier alpha value is -2.60. The summed E-state index contributed by atoms with van der Waals surface area (Å²) in [6, 6.07) is 5.10. The zero-order valence-electron chi connectivity index (χ0n) is 9.75. The van der Waals surface area contributed by atoms with Gasteiger partial charge in [-0.05, 0) is 18.2 Å². The van der Waals surface area contributed by atoms with Crippen LogP contribution in [0.3, 0.4) is 0 Å². The number of aromatic hydroxyl groups is 1. The summed E-state index contributed by atoms with van der Waals surface area (Å²) in [5.41, 5.74) is -0.404. The number of carboxylic acids is 1. The number of hydrogen-bond acceptors (Lipinski definition) is 5. The molecule has 0 saturated heterocycles. The van der Waals surface area contributed by atoms with Crippen LogP contribution in [0.25, 0.3) is 22.6 Å². The first-order valence-corrected chi connectivity index (χ1v) is 5.84. The number of nitrogens with zero attached hydrogens (tertiary/aromatic N) is 1. The number of benzene rings is 2. The van der Waals surface area contributed by atoms with Gasteiger partial charge >= 0.3 is 5.97 Å². The van der Waals surface area contributed by atoms with Gasteiger partial charge in [-0.1, -0.05) is 11.6 Å². The zero-order valence-corrected chi connectivity index (χ0v) is 10.5. The van der Waals surface area contributed by atoms with Crippen LogP contribution in [0.15, 0.2) is 33.5 Å². The Kier molecular flexibility index (Phi) is 2.62. The lowest BCUT2D eigenvalue weighted by atomic mass is 10.1. The molecule has 20 heavy (non-hydrogen) atoms. The molecule has 100 valence electrons. The van der Waals surface area contributed by atoms with E-state index in [0.717, 1.165) is 6.07 Å². The number of aromatic nitrogens is 1. The first kappa shape index (κ1) is 12.4. The molecule has 0 unspecified atom stereocenters. The molecular formula is C13H6ClNO5. The van der Waals surface area contributed by atoms with Crippen LogP contribution in [0.4, 0.5) is 0 Å². The number of hydrogen-bond donors (Lipinski definition) is 2. The molecule has 7 heteroatoms. The van der Waals surface area contributed by atoms with Crippen LogP contribution in [0, 0.1) is 0 Å². The van der Waals surface area contributed by atoms with E-state index >= 15 is 0 Å². The second-order valence-electron chi connectivity index (χ2n) is 4.08. The smallest absolute Gasteiger partial charge is 0.343 e. The standard InChI is InChI=1S/C13H6ClNO5/c14-5-3-7-10(4-9(5)17)20-12-6(15-7)1-2-8(16)11(12)13(18)19/h1-4,16H,(H,18,19). The molecule has 1 aliphatic heterocycles. The predicted octanol–water partition coefficient (Wildman–Crippen LogP) is 2.35. The summed E-state index contributed by atoms with van der Waals surface area (Å²) in [5, 5.41) is 18.7. The van der Waals surface area contributed by atoms with Crippen LogP contribution in [-0.2, 0) is 0 Å². The van der Waals surface area contributed by atoms with Gasteiger partial charge in [0.15, 0.2) is 11.3 Å². The highest BCUT2D eigenvalue weighted by Gasteiger charge is 2.20. The number of fused-ring (bicyclic) bond motifs is 2. The van der Waals surface area contributed by atoms with Crippen LogP contribution in [0.1, 0.15) is 10.4 Å². The third kappa shape index (κ3) is 1.78. The van der Waals surface area contributed by atoms with E-state index in [1.54, 1.807) is 0 Å². The fourth-order valence-electron chi connectivity index (χ4n) is 1.89. The number of rotatable bonds is 1. The van der Waals surface area contributed by atoms with E-state index < -0.39 is 22.7 Å². The van der Waals surface area contributed by atoms with E-state index in [1.165, 1.54) is 18.2 Å². The molecule has 0 aromatic heterocycles. The molecule has 6 nitrogen and oxygen atoms in total. The average molecular weight is 292 g/mol. The molecule has 0 spiro atoms. The summed E-state index contributed by atoms with van der Waals surface area (Å²) in [6.45, 7) is 0. The van der Waals surface area contributed by atoms with E-state index in [0.29, 0.717) is 5.69 Å². The monoisotopic (exact) mass is 291 g/mol. The Labute approximate surface area is 116 Å². The van der Waals surface area contributed by atoms with Gasteiger partial charge in [-0.2, -0.15) is 0 Å². The van der Waals surface area contributed by atoms with Gasteiger partial charge < -0.3 is 14.6 Å². The highest BCUT2D eigenvalue weighted by Crippen LogP contribution is 2.31. The van der Waals surface area contributed by atoms with E-state index in [2.05, 4.69) is 4.98 Å². The highest BCUT2D eigenvalue weighted by molar-refractivity contribution is 6.30. The second-order valence-corrected chi connectivity index (χ2v) is 4.48. The number of phenols is 1. The Morgan fingerprint density at radius 3 is 2.75 bits per heavy atom. The van der Waals surface area contributed by atoms with Crippen LogP contribution >= 0.6 is 11.6 Å². The van der Waals surface area contributed by atoms with Crippen LogP contribution in [-0.4, -0.2) is 21.2 Å². The average Bonchev–Trinajstić information content (AvgIpc) is 2.38. The van der Waals surface area contributed by atoms with Crippen molar-refractivity contribution in [1.29, 1.82) is 0 Å². The molecule has 3 rings (SSSR count). The van der Waals surface area contributed by atoms with Crippen molar-refractivity contribution in [2.75, 3.05) is 0 Å². The van der Waals surface area contributed by atoms with E-state index in [1.807, 2.05) is 0 Å². The fraction of sp³-hybridized carbons (Fsp3) is 0. The first-order valence-electron chi connectivity index (χ1n) is 5.47. The third-order valence-corrected chi connectivity index (χ3v) is 3.09. The number of carbonyl (C=O) groups is 1. The van der Waals surface area contributed by atoms with Gasteiger partial charge in [0, 0.05) is 6.07 Å². The van der Waals surface area contributed by atoms with Gasteiger partial charge in [0.1, 0.15) is 22.5 Å². The molecule has 1 heterocycles. The normalized spacial score (nSPS) is 11.1. The van der Waals surface area contributed by atoms with Crippen molar-refractivity contribution in [1.82, 2.24) is 4.98 Å². The molecule has 1 aromatic rings. The van der Waals surface area contributed by atoms with Gasteiger partial charge in [0.2, 0.25) is 5.43 Å². The van der Waals surface area contributed by atoms with Gasteiger partial charge in [0.25, 0.3) is 0 Å². The maximum absolute atomic E-state index is 11.5. The van der Waals surface area contributed by atoms with E-state index in [4.69, 9.17) is 21.1 Å². The van der Waals surface area contributed by atoms with Crippen LogP contribution < -0.4 is 5.43 Å². The highest BCUT2D eigenvalue weighted by atomic mass is 35.5. The maximum atomic E-state index is 11.5. The van der Waals surface area contributed by atoms with Gasteiger partial charge in [0.05, 0.1) is 5.02 Å². The SMILES string of the molecule is O=C(O)c1c(O)ccc2nc3cc(Cl)c(=O)cc-3oc12. The second kappa shape index (κ2) is 4.21. The maximum Gasteiger partial charge on any atom is 0.343 e. The molecule has 1 aliphatic carbocycles. The van der Waals surface area contributed by atoms with Gasteiger partial charge in [-0.25, -0.2) is 9.78 Å². The molecule has 0 amide bonds. The minimum atomic E-state index is -1.35. The topological polar surface area (TPSA) is 101 Å². The Morgan fingerprint density at radius 1 is 1.30 bits per heavy atom. The van der Waals surface area contributed by atoms with Crippen molar-refractivity contribution in [2.24, 2.45) is 0 Å². The zero-order chi connectivity index (χ0) is 14.4. The number of halogens is 1. The molecule has 0 saturated carbocycles. The fourth-order valence-corrected chi connectivity index (χ4v) is 2.05. The van der Waals surface area contributed by atoms with Crippen molar-refractivity contribution in [3.8, 4) is 17.2 Å². The van der Waals surface area contributed by atoms with Crippen LogP contribution in [0.2, 0.25) is 5.02 Å². The van der Waals surface area contributed by atoms with Crippen molar-refractivity contribution < 1.29 is 19.4 Å². The van der Waals surface area contributed by atoms with E-state index in [-0.39, 0.29) is 21.9 Å². The molecule has 2 N–H and O–H groups in total. The molecular weight excluding hydrogens is 286 g/mol. The minimum Gasteiger partial charge on any atom is -0.507 e. The molecule has 0 bridgehead atoms. The quantitative estimate of drug-likeness (QED) is 0.667. The van der Waals surface area contributed by atoms with E-state index in [9.17, 15) is 14.7 Å². The Bertz CT molecular complexity index is 886. The lowest BCUT2D eigenvalue weighted by Crippen LogP contribution is -2.04.